The average Bonchev–Trinajstić information content (AvgIpc) is 2.48. The predicted octanol–water partition coefficient (Wildman–Crippen LogP) is 3.78. The Balaban J connectivity index is 2.06. The quantitative estimate of drug-likeness (QED) is 0.590. The summed E-state index contributed by atoms with van der Waals surface area (Å²) in [7, 11) is 0. The Morgan fingerprint density at radius 2 is 1.86 bits per heavy atom. The minimum Gasteiger partial charge on any atom is -0.278 e. The van der Waals surface area contributed by atoms with E-state index in [2.05, 4.69) is 6.92 Å². The van der Waals surface area contributed by atoms with Gasteiger partial charge < -0.3 is 0 Å². The minimum atomic E-state index is -0.0249. The average molecular weight is 287 g/mol. The Bertz CT molecular complexity index is 483. The molecular weight excluding hydrogens is 262 g/mol. The Labute approximate surface area is 127 Å². The van der Waals surface area contributed by atoms with Crippen LogP contribution < -0.4 is 0 Å². The number of carbonyl (C=O) groups is 2. The van der Waals surface area contributed by atoms with Crippen molar-refractivity contribution in [3.63, 3.8) is 0 Å². The number of rotatable bonds is 6. The zero-order chi connectivity index (χ0) is 15.2. The van der Waals surface area contributed by atoms with Gasteiger partial charge in [-0.2, -0.15) is 0 Å². The molecule has 2 rings (SSSR count). The molecule has 0 spiro atoms. The fourth-order valence-electron chi connectivity index (χ4n) is 3.05. The van der Waals surface area contributed by atoms with E-state index < -0.39 is 0 Å². The molecule has 2 amide bonds. The highest BCUT2D eigenvalue weighted by atomic mass is 16.2. The molecule has 1 aliphatic heterocycles. The van der Waals surface area contributed by atoms with E-state index in [-0.39, 0.29) is 23.7 Å². The van der Waals surface area contributed by atoms with Crippen molar-refractivity contribution in [2.45, 2.75) is 52.5 Å². The third-order valence-corrected chi connectivity index (χ3v) is 4.37. The van der Waals surface area contributed by atoms with Crippen molar-refractivity contribution in [1.82, 2.24) is 4.90 Å². The molecule has 1 aliphatic rings. The lowest BCUT2D eigenvalue weighted by Crippen LogP contribution is -2.47. The van der Waals surface area contributed by atoms with Crippen molar-refractivity contribution in [2.75, 3.05) is 0 Å². The van der Waals surface area contributed by atoms with Crippen molar-refractivity contribution in [3.8, 4) is 0 Å². The zero-order valence-corrected chi connectivity index (χ0v) is 13.0. The van der Waals surface area contributed by atoms with Gasteiger partial charge in [-0.1, -0.05) is 63.4 Å². The molecule has 114 valence electrons. The number of benzene rings is 1. The predicted molar refractivity (Wildman–Crippen MR) is 83.4 cm³/mol. The summed E-state index contributed by atoms with van der Waals surface area (Å²) in [5.41, 5.74) is 1.01. The van der Waals surface area contributed by atoms with E-state index in [1.807, 2.05) is 37.3 Å². The maximum atomic E-state index is 12.6. The summed E-state index contributed by atoms with van der Waals surface area (Å²) in [6.07, 6.45) is 4.79. The third-order valence-electron chi connectivity index (χ3n) is 4.37. The molecule has 0 saturated carbocycles. The van der Waals surface area contributed by atoms with Gasteiger partial charge in [0.2, 0.25) is 11.8 Å². The molecule has 21 heavy (non-hydrogen) atoms. The van der Waals surface area contributed by atoms with Gasteiger partial charge in [0.1, 0.15) is 0 Å². The van der Waals surface area contributed by atoms with E-state index in [1.165, 1.54) is 4.90 Å². The highest BCUT2D eigenvalue weighted by molar-refractivity contribution is 5.99. The summed E-state index contributed by atoms with van der Waals surface area (Å²) in [4.78, 5) is 26.3. The summed E-state index contributed by atoms with van der Waals surface area (Å²) in [5, 5.41) is 0. The second-order valence-electron chi connectivity index (χ2n) is 6.09. The number of likely N-dealkylation sites (tertiary alicyclic amines) is 1. The van der Waals surface area contributed by atoms with E-state index in [4.69, 9.17) is 0 Å². The molecule has 1 aromatic rings. The van der Waals surface area contributed by atoms with Crippen LogP contribution in [0.1, 0.15) is 51.5 Å². The molecular formula is C18H25NO2. The monoisotopic (exact) mass is 287 g/mol. The van der Waals surface area contributed by atoms with E-state index in [1.54, 1.807) is 0 Å². The zero-order valence-electron chi connectivity index (χ0n) is 13.0. The highest BCUT2D eigenvalue weighted by Crippen LogP contribution is 2.30. The number of unbranched alkanes of at least 4 members (excludes halogenated alkanes) is 2. The van der Waals surface area contributed by atoms with Crippen LogP contribution in [0.2, 0.25) is 0 Å². The first kappa shape index (κ1) is 15.7. The van der Waals surface area contributed by atoms with Crippen molar-refractivity contribution in [3.05, 3.63) is 35.9 Å². The molecule has 0 aromatic heterocycles. The van der Waals surface area contributed by atoms with Crippen molar-refractivity contribution >= 4 is 11.8 Å². The number of amides is 2. The van der Waals surface area contributed by atoms with Crippen LogP contribution in [0.25, 0.3) is 0 Å². The summed E-state index contributed by atoms with van der Waals surface area (Å²) < 4.78 is 0. The second kappa shape index (κ2) is 7.39. The summed E-state index contributed by atoms with van der Waals surface area (Å²) in [6.45, 7) is 4.61. The molecule has 3 heteroatoms. The highest BCUT2D eigenvalue weighted by Gasteiger charge is 2.38. The van der Waals surface area contributed by atoms with E-state index in [0.29, 0.717) is 13.0 Å². The van der Waals surface area contributed by atoms with Crippen LogP contribution in [0.5, 0.6) is 0 Å². The maximum absolute atomic E-state index is 12.6. The van der Waals surface area contributed by atoms with Gasteiger partial charge in [0, 0.05) is 12.3 Å². The number of imide groups is 1. The number of nitrogens with zero attached hydrogens (tertiary/aromatic N) is 1. The molecule has 1 heterocycles. The Kier molecular flexibility index (Phi) is 5.54. The lowest BCUT2D eigenvalue weighted by atomic mass is 9.82. The van der Waals surface area contributed by atoms with Crippen LogP contribution in [-0.2, 0) is 16.1 Å². The van der Waals surface area contributed by atoms with Gasteiger partial charge in [-0.15, -0.1) is 0 Å². The number of hydrogen-bond acceptors (Lipinski definition) is 2. The van der Waals surface area contributed by atoms with Crippen molar-refractivity contribution in [1.29, 1.82) is 0 Å². The molecule has 0 N–H and O–H groups in total. The van der Waals surface area contributed by atoms with Crippen LogP contribution >= 0.6 is 0 Å². The fourth-order valence-corrected chi connectivity index (χ4v) is 3.05. The van der Waals surface area contributed by atoms with Crippen LogP contribution in [0.3, 0.4) is 0 Å². The minimum absolute atomic E-state index is 0.0120. The molecule has 2 atom stereocenters. The summed E-state index contributed by atoms with van der Waals surface area (Å²) in [5.74, 6) is 0.189. The largest absolute Gasteiger partial charge is 0.278 e. The van der Waals surface area contributed by atoms with Gasteiger partial charge in [0.15, 0.2) is 0 Å². The standard InChI is InChI=1S/C18H25NO2/c1-3-4-6-11-16-14(2)12-17(20)19(18(16)21)13-15-9-7-5-8-10-15/h5,7-10,14,16H,3-4,6,11-13H2,1-2H3/t14-,16-/m1/s1. The first-order valence-electron chi connectivity index (χ1n) is 8.01. The van der Waals surface area contributed by atoms with Gasteiger partial charge in [-0.25, -0.2) is 0 Å². The van der Waals surface area contributed by atoms with E-state index >= 15 is 0 Å². The summed E-state index contributed by atoms with van der Waals surface area (Å²) in [6, 6.07) is 9.75. The topological polar surface area (TPSA) is 37.4 Å². The van der Waals surface area contributed by atoms with Crippen LogP contribution in [0.4, 0.5) is 0 Å². The molecule has 0 bridgehead atoms. The molecule has 1 aromatic carbocycles. The normalized spacial score (nSPS) is 22.7. The maximum Gasteiger partial charge on any atom is 0.232 e. The molecule has 0 unspecified atom stereocenters. The van der Waals surface area contributed by atoms with Crippen molar-refractivity contribution in [2.24, 2.45) is 11.8 Å². The first-order valence-corrected chi connectivity index (χ1v) is 8.01. The van der Waals surface area contributed by atoms with E-state index in [0.717, 1.165) is 31.2 Å². The number of hydrogen-bond donors (Lipinski definition) is 0. The molecule has 1 fully saturated rings. The fraction of sp³-hybridized carbons (Fsp3) is 0.556. The Hall–Kier alpha value is -1.64. The van der Waals surface area contributed by atoms with Gasteiger partial charge in [0.05, 0.1) is 6.54 Å². The lowest BCUT2D eigenvalue weighted by molar-refractivity contribution is -0.155. The smallest absolute Gasteiger partial charge is 0.232 e. The first-order chi connectivity index (χ1) is 10.1. The molecule has 0 radical (unpaired) electrons. The van der Waals surface area contributed by atoms with Crippen LogP contribution in [0, 0.1) is 11.8 Å². The Morgan fingerprint density at radius 3 is 2.52 bits per heavy atom. The number of carbonyl (C=O) groups excluding carboxylic acids is 2. The SMILES string of the molecule is CCCCC[C@H]1C(=O)N(Cc2ccccc2)C(=O)C[C@H]1C. The lowest BCUT2D eigenvalue weighted by Gasteiger charge is -2.35. The van der Waals surface area contributed by atoms with Crippen LogP contribution in [-0.4, -0.2) is 16.7 Å². The number of piperidine rings is 1. The Morgan fingerprint density at radius 1 is 1.14 bits per heavy atom. The molecule has 0 aliphatic carbocycles. The van der Waals surface area contributed by atoms with Gasteiger partial charge in [-0.3, -0.25) is 14.5 Å². The third kappa shape index (κ3) is 3.93. The van der Waals surface area contributed by atoms with E-state index in [9.17, 15) is 9.59 Å². The van der Waals surface area contributed by atoms with Gasteiger partial charge in [-0.05, 0) is 17.9 Å². The summed E-state index contributed by atoms with van der Waals surface area (Å²) >= 11 is 0. The van der Waals surface area contributed by atoms with Crippen LogP contribution in [0.15, 0.2) is 30.3 Å². The van der Waals surface area contributed by atoms with Gasteiger partial charge in [0.25, 0.3) is 0 Å². The second-order valence-corrected chi connectivity index (χ2v) is 6.09. The van der Waals surface area contributed by atoms with Crippen molar-refractivity contribution < 1.29 is 9.59 Å². The molecule has 3 nitrogen and oxygen atoms in total. The van der Waals surface area contributed by atoms with Gasteiger partial charge >= 0.3 is 0 Å². The molecule has 1 saturated heterocycles.